The van der Waals surface area contributed by atoms with Crippen molar-refractivity contribution >= 4 is 8.80 Å². The lowest BCUT2D eigenvalue weighted by molar-refractivity contribution is -0.274. The Labute approximate surface area is 175 Å². The van der Waals surface area contributed by atoms with E-state index in [0.717, 1.165) is 25.0 Å². The van der Waals surface area contributed by atoms with Gasteiger partial charge in [0.2, 0.25) is 0 Å². The summed E-state index contributed by atoms with van der Waals surface area (Å²) in [5.41, 5.74) is 0.643. The summed E-state index contributed by atoms with van der Waals surface area (Å²) in [7, 11) is -0.703. The van der Waals surface area contributed by atoms with Gasteiger partial charge in [-0.05, 0) is 54.2 Å². The van der Waals surface area contributed by atoms with Gasteiger partial charge in [0.05, 0.1) is 5.56 Å². The fraction of sp³-hybridized carbons (Fsp3) is 0.478. The molecule has 0 radical (unpaired) electrons. The molecule has 0 aliphatic carbocycles. The zero-order valence-electron chi connectivity index (χ0n) is 17.1. The van der Waals surface area contributed by atoms with Crippen molar-refractivity contribution in [2.24, 2.45) is 0 Å². The maximum Gasteiger partial charge on any atom is 0.573 e. The SMILES string of the molecule is CCCCC[Si@H]1CC[C@H](c2cc(F)c(-c3ccc(OC(F)(F)F)cc3)c(F)c2)CC1. The number of unbranched alkanes of at least 4 members (excludes halogenated alkanes) is 2. The maximum atomic E-state index is 14.8. The molecule has 1 aliphatic heterocycles. The molecule has 164 valence electrons. The first kappa shape index (κ1) is 22.8. The summed E-state index contributed by atoms with van der Waals surface area (Å²) in [6, 6.07) is 11.2. The van der Waals surface area contributed by atoms with Gasteiger partial charge in [0.15, 0.2) is 0 Å². The number of alkyl halides is 3. The molecule has 1 saturated heterocycles. The van der Waals surface area contributed by atoms with Crippen LogP contribution in [0.25, 0.3) is 11.1 Å². The molecule has 0 spiro atoms. The van der Waals surface area contributed by atoms with Gasteiger partial charge < -0.3 is 4.74 Å². The predicted molar refractivity (Wildman–Crippen MR) is 112 cm³/mol. The summed E-state index contributed by atoms with van der Waals surface area (Å²) in [5, 5.41) is 0. The third-order valence-corrected chi connectivity index (χ3v) is 9.50. The molecule has 1 heterocycles. The Balaban J connectivity index is 1.69. The van der Waals surface area contributed by atoms with Crippen LogP contribution in [0.5, 0.6) is 5.75 Å². The van der Waals surface area contributed by atoms with Crippen LogP contribution in [-0.2, 0) is 0 Å². The number of rotatable bonds is 7. The van der Waals surface area contributed by atoms with Crippen molar-refractivity contribution in [3.05, 3.63) is 53.6 Å². The van der Waals surface area contributed by atoms with Crippen LogP contribution >= 0.6 is 0 Å². The van der Waals surface area contributed by atoms with Crippen molar-refractivity contribution in [3.63, 3.8) is 0 Å². The molecular weight excluding hydrogens is 415 g/mol. The van der Waals surface area contributed by atoms with Gasteiger partial charge in [-0.1, -0.05) is 56.5 Å². The molecule has 1 nitrogen and oxygen atoms in total. The van der Waals surface area contributed by atoms with E-state index < -0.39 is 32.5 Å². The third-order valence-electron chi connectivity index (χ3n) is 5.98. The van der Waals surface area contributed by atoms with Crippen LogP contribution in [-0.4, -0.2) is 15.2 Å². The second kappa shape index (κ2) is 9.94. The molecule has 1 aliphatic rings. The molecule has 0 unspecified atom stereocenters. The van der Waals surface area contributed by atoms with E-state index in [1.54, 1.807) is 0 Å². The number of hydrogen-bond donors (Lipinski definition) is 0. The lowest BCUT2D eigenvalue weighted by Gasteiger charge is -2.28. The number of ether oxygens (including phenoxy) is 1. The van der Waals surface area contributed by atoms with Crippen LogP contribution in [0.1, 0.15) is 50.5 Å². The fourth-order valence-electron chi connectivity index (χ4n) is 4.39. The molecule has 1 fully saturated rings. The minimum atomic E-state index is -4.81. The van der Waals surface area contributed by atoms with Gasteiger partial charge in [-0.3, -0.25) is 0 Å². The zero-order valence-corrected chi connectivity index (χ0v) is 18.2. The van der Waals surface area contributed by atoms with Crippen LogP contribution in [0.3, 0.4) is 0 Å². The first-order valence-electron chi connectivity index (χ1n) is 10.6. The number of halogens is 5. The topological polar surface area (TPSA) is 9.23 Å². The first-order valence-corrected chi connectivity index (χ1v) is 13.1. The lowest BCUT2D eigenvalue weighted by Crippen LogP contribution is -2.20. The lowest BCUT2D eigenvalue weighted by atomic mass is 9.91. The highest BCUT2D eigenvalue weighted by Gasteiger charge is 2.31. The quantitative estimate of drug-likeness (QED) is 0.241. The Morgan fingerprint density at radius 3 is 2.10 bits per heavy atom. The normalized spacial score (nSPS) is 19.7. The van der Waals surface area contributed by atoms with Crippen LogP contribution in [0.15, 0.2) is 36.4 Å². The van der Waals surface area contributed by atoms with E-state index in [2.05, 4.69) is 11.7 Å². The Kier molecular flexibility index (Phi) is 7.55. The van der Waals surface area contributed by atoms with Gasteiger partial charge >= 0.3 is 6.36 Å². The summed E-state index contributed by atoms with van der Waals surface area (Å²) in [5.74, 6) is -1.61. The Morgan fingerprint density at radius 2 is 1.57 bits per heavy atom. The molecule has 0 atom stereocenters. The van der Waals surface area contributed by atoms with E-state index >= 15 is 0 Å². The summed E-state index contributed by atoms with van der Waals surface area (Å²) in [6.45, 7) is 2.20. The molecule has 0 amide bonds. The zero-order chi connectivity index (χ0) is 21.7. The fourth-order valence-corrected chi connectivity index (χ4v) is 7.87. The highest BCUT2D eigenvalue weighted by atomic mass is 28.3. The molecule has 7 heteroatoms. The van der Waals surface area contributed by atoms with Gasteiger partial charge in [0, 0.05) is 8.80 Å². The first-order chi connectivity index (χ1) is 14.3. The van der Waals surface area contributed by atoms with Crippen molar-refractivity contribution in [1.29, 1.82) is 0 Å². The maximum absolute atomic E-state index is 14.8. The van der Waals surface area contributed by atoms with Crippen molar-refractivity contribution in [1.82, 2.24) is 0 Å². The monoisotopic (exact) mass is 442 g/mol. The third kappa shape index (κ3) is 6.06. The summed E-state index contributed by atoms with van der Waals surface area (Å²) >= 11 is 0. The van der Waals surface area contributed by atoms with E-state index in [9.17, 15) is 22.0 Å². The van der Waals surface area contributed by atoms with Crippen LogP contribution in [0.2, 0.25) is 18.1 Å². The Bertz CT molecular complexity index is 803. The molecular formula is C23H27F5OSi. The van der Waals surface area contributed by atoms with Crippen molar-refractivity contribution < 1.29 is 26.7 Å². The van der Waals surface area contributed by atoms with Crippen molar-refractivity contribution in [2.45, 2.75) is 69.4 Å². The van der Waals surface area contributed by atoms with E-state index in [1.807, 2.05) is 0 Å². The average molecular weight is 443 g/mol. The van der Waals surface area contributed by atoms with E-state index in [1.165, 1.54) is 61.7 Å². The van der Waals surface area contributed by atoms with Crippen LogP contribution in [0.4, 0.5) is 22.0 Å². The molecule has 0 N–H and O–H groups in total. The minimum absolute atomic E-state index is 0.179. The van der Waals surface area contributed by atoms with Gasteiger partial charge in [-0.25, -0.2) is 8.78 Å². The molecule has 30 heavy (non-hydrogen) atoms. The second-order valence-corrected chi connectivity index (χ2v) is 11.6. The minimum Gasteiger partial charge on any atom is -0.406 e. The molecule has 2 aromatic carbocycles. The summed E-state index contributed by atoms with van der Waals surface area (Å²) in [6.07, 6.45) is 0.997. The predicted octanol–water partition coefficient (Wildman–Crippen LogP) is 7.83. The second-order valence-electron chi connectivity index (χ2n) is 8.15. The van der Waals surface area contributed by atoms with Crippen LogP contribution in [0, 0.1) is 11.6 Å². The molecule has 2 aromatic rings. The average Bonchev–Trinajstić information content (AvgIpc) is 2.68. The highest BCUT2D eigenvalue weighted by Crippen LogP contribution is 2.38. The molecule has 3 rings (SSSR count). The smallest absolute Gasteiger partial charge is 0.406 e. The van der Waals surface area contributed by atoms with Crippen LogP contribution < -0.4 is 4.74 Å². The van der Waals surface area contributed by atoms with Crippen molar-refractivity contribution in [2.75, 3.05) is 0 Å². The largest absolute Gasteiger partial charge is 0.573 e. The standard InChI is InChI=1S/C23H27F5OSi/c1-2-3-4-11-30-12-9-16(10-13-30)18-14-20(24)22(21(25)15-18)17-5-7-19(8-6-17)29-23(26,27)28/h5-8,14-16,30H,2-4,9-13H2,1H3/t16-,30-. The van der Waals surface area contributed by atoms with E-state index in [0.29, 0.717) is 5.56 Å². The Morgan fingerprint density at radius 1 is 0.967 bits per heavy atom. The number of hydrogen-bond acceptors (Lipinski definition) is 1. The van der Waals surface area contributed by atoms with Gasteiger partial charge in [0.1, 0.15) is 17.4 Å². The molecule has 0 saturated carbocycles. The summed E-state index contributed by atoms with van der Waals surface area (Å²) in [4.78, 5) is 0. The molecule has 0 bridgehead atoms. The molecule has 0 aromatic heterocycles. The Hall–Kier alpha value is -1.89. The van der Waals surface area contributed by atoms with Crippen molar-refractivity contribution in [3.8, 4) is 16.9 Å². The van der Waals surface area contributed by atoms with Gasteiger partial charge in [0.25, 0.3) is 0 Å². The summed E-state index contributed by atoms with van der Waals surface area (Å²) < 4.78 is 70.2. The van der Waals surface area contributed by atoms with E-state index in [4.69, 9.17) is 0 Å². The van der Waals surface area contributed by atoms with Gasteiger partial charge in [-0.15, -0.1) is 13.2 Å². The highest BCUT2D eigenvalue weighted by molar-refractivity contribution is 6.59. The van der Waals surface area contributed by atoms with E-state index in [-0.39, 0.29) is 17.0 Å². The number of benzene rings is 2. The van der Waals surface area contributed by atoms with Gasteiger partial charge in [-0.2, -0.15) is 0 Å².